The van der Waals surface area contributed by atoms with Gasteiger partial charge in [0.05, 0.1) is 27.7 Å². The smallest absolute Gasteiger partial charge is 0.338 e. The summed E-state index contributed by atoms with van der Waals surface area (Å²) < 4.78 is 24.9. The lowest BCUT2D eigenvalue weighted by molar-refractivity contribution is -0.322. The molecule has 39 heavy (non-hydrogen) atoms. The van der Waals surface area contributed by atoms with Gasteiger partial charge in [0.1, 0.15) is 17.8 Å². The molecule has 1 aliphatic heterocycles. The average molecular weight is 537 g/mol. The maximum atomic E-state index is 13.4. The summed E-state index contributed by atoms with van der Waals surface area (Å²) in [5.41, 5.74) is -3.97. The number of esters is 3. The number of aliphatic hydroxyl groups is 1. The van der Waals surface area contributed by atoms with Crippen LogP contribution in [0, 0.1) is 11.3 Å². The van der Waals surface area contributed by atoms with E-state index in [1.807, 2.05) is 26.8 Å². The Bertz CT molecular complexity index is 1260. The minimum absolute atomic E-state index is 0.0168. The van der Waals surface area contributed by atoms with Gasteiger partial charge in [-0.15, -0.1) is 0 Å². The molecule has 0 amide bonds. The highest BCUT2D eigenvalue weighted by Crippen LogP contribution is 2.68. The molecule has 2 aromatic carbocycles. The number of benzene rings is 2. The monoisotopic (exact) mass is 536 g/mol. The number of carbonyl (C=O) groups is 3. The Labute approximate surface area is 228 Å². The molecule has 2 saturated carbocycles. The topological polar surface area (TPSA) is 108 Å². The van der Waals surface area contributed by atoms with Gasteiger partial charge in [0.25, 0.3) is 0 Å². The Morgan fingerprint density at radius 1 is 0.821 bits per heavy atom. The van der Waals surface area contributed by atoms with Crippen LogP contribution >= 0.6 is 0 Å². The fourth-order valence-corrected chi connectivity index (χ4v) is 7.21. The van der Waals surface area contributed by atoms with E-state index in [9.17, 15) is 19.5 Å². The van der Waals surface area contributed by atoms with Crippen LogP contribution in [0.4, 0.5) is 0 Å². The van der Waals surface area contributed by atoms with Crippen LogP contribution in [0.2, 0.25) is 0 Å². The number of ether oxygens (including phenoxy) is 4. The van der Waals surface area contributed by atoms with Crippen molar-refractivity contribution in [1.29, 1.82) is 0 Å². The number of hydrogen-bond donors (Lipinski definition) is 1. The van der Waals surface area contributed by atoms with Gasteiger partial charge in [-0.2, -0.15) is 0 Å². The fourth-order valence-electron chi connectivity index (χ4n) is 7.21. The first-order valence-electron chi connectivity index (χ1n) is 13.4. The van der Waals surface area contributed by atoms with Crippen LogP contribution in [0.3, 0.4) is 0 Å². The molecule has 1 spiro atoms. The van der Waals surface area contributed by atoms with E-state index in [1.165, 1.54) is 6.92 Å². The van der Waals surface area contributed by atoms with Crippen molar-refractivity contribution in [2.24, 2.45) is 11.3 Å². The summed E-state index contributed by atoms with van der Waals surface area (Å²) in [6.07, 6.45) is -2.01. The first-order valence-corrected chi connectivity index (χ1v) is 13.4. The highest BCUT2D eigenvalue weighted by atomic mass is 16.6. The van der Waals surface area contributed by atoms with E-state index in [0.717, 1.165) is 0 Å². The number of carbonyl (C=O) groups excluding carboxylic acids is 3. The van der Waals surface area contributed by atoms with Crippen LogP contribution in [-0.4, -0.2) is 58.1 Å². The fraction of sp³-hybridized carbons (Fsp3) is 0.516. The maximum absolute atomic E-state index is 13.4. The molecule has 7 atom stereocenters. The van der Waals surface area contributed by atoms with Gasteiger partial charge >= 0.3 is 17.9 Å². The second-order valence-corrected chi connectivity index (χ2v) is 12.0. The summed E-state index contributed by atoms with van der Waals surface area (Å²) in [5.74, 6) is -1.75. The van der Waals surface area contributed by atoms with Crippen molar-refractivity contribution in [2.75, 3.05) is 0 Å². The third-order valence-electron chi connectivity index (χ3n) is 9.21. The molecule has 5 rings (SSSR count). The van der Waals surface area contributed by atoms with Crippen molar-refractivity contribution in [3.63, 3.8) is 0 Å². The van der Waals surface area contributed by atoms with Crippen molar-refractivity contribution < 1.29 is 38.4 Å². The summed E-state index contributed by atoms with van der Waals surface area (Å²) in [4.78, 5) is 39.0. The molecule has 2 aliphatic carbocycles. The number of fused-ring (bicyclic) bond motifs is 1. The molecule has 0 aromatic heterocycles. The summed E-state index contributed by atoms with van der Waals surface area (Å²) >= 11 is 0. The van der Waals surface area contributed by atoms with Crippen LogP contribution in [0.1, 0.15) is 74.6 Å². The standard InChI is InChI=1S/C31H36O8/c1-19(32)36-23-18-29(4,35)31-17-22(28(2,3)39-31)16-24(37-26(33)20-12-8-6-9-13-20)30(31,5)25(23)38-27(34)21-14-10-7-11-15-21/h6-15,22-25,35H,16-18H2,1-5H3/t22-,23-,24+,25+,29+,30-,31+/m1/s1. The van der Waals surface area contributed by atoms with Gasteiger partial charge in [-0.25, -0.2) is 9.59 Å². The zero-order valence-electron chi connectivity index (χ0n) is 23.0. The molecule has 0 unspecified atom stereocenters. The molecule has 1 heterocycles. The SMILES string of the molecule is CC(=O)O[C@@H]1C[C@](C)(O)[C@@]23C[C@@H](C[C@H](OC(=O)c4ccccc4)[C@]2(C)[C@H]1OC(=O)c1ccccc1)C(C)(C)O3. The van der Waals surface area contributed by atoms with Crippen molar-refractivity contribution in [3.8, 4) is 0 Å². The van der Waals surface area contributed by atoms with Gasteiger partial charge < -0.3 is 24.1 Å². The second-order valence-electron chi connectivity index (χ2n) is 12.0. The van der Waals surface area contributed by atoms with Crippen molar-refractivity contribution >= 4 is 17.9 Å². The molecular weight excluding hydrogens is 500 g/mol. The number of rotatable bonds is 5. The summed E-state index contributed by atoms with van der Waals surface area (Å²) in [5, 5.41) is 12.1. The molecule has 2 bridgehead atoms. The van der Waals surface area contributed by atoms with Crippen molar-refractivity contribution in [3.05, 3.63) is 71.8 Å². The van der Waals surface area contributed by atoms with Crippen molar-refractivity contribution in [1.82, 2.24) is 0 Å². The van der Waals surface area contributed by atoms with Gasteiger partial charge in [-0.3, -0.25) is 4.79 Å². The minimum atomic E-state index is -1.50. The highest BCUT2D eigenvalue weighted by molar-refractivity contribution is 5.90. The van der Waals surface area contributed by atoms with Gasteiger partial charge in [-0.1, -0.05) is 36.4 Å². The highest BCUT2D eigenvalue weighted by Gasteiger charge is 2.79. The molecule has 0 radical (unpaired) electrons. The Kier molecular flexibility index (Phi) is 6.63. The van der Waals surface area contributed by atoms with E-state index in [-0.39, 0.29) is 12.3 Å². The van der Waals surface area contributed by atoms with E-state index in [2.05, 4.69) is 0 Å². The van der Waals surface area contributed by atoms with Gasteiger partial charge in [-0.05, 0) is 70.7 Å². The lowest BCUT2D eigenvalue weighted by atomic mass is 9.48. The summed E-state index contributed by atoms with van der Waals surface area (Å²) in [6.45, 7) is 8.69. The molecular formula is C31H36O8. The van der Waals surface area contributed by atoms with E-state index >= 15 is 0 Å². The molecule has 3 fully saturated rings. The Morgan fingerprint density at radius 3 is 1.90 bits per heavy atom. The molecule has 8 nitrogen and oxygen atoms in total. The Morgan fingerprint density at radius 2 is 1.36 bits per heavy atom. The van der Waals surface area contributed by atoms with Gasteiger partial charge in [0.15, 0.2) is 6.10 Å². The Balaban J connectivity index is 1.64. The lowest BCUT2D eigenvalue weighted by Crippen LogP contribution is -2.77. The van der Waals surface area contributed by atoms with E-state index in [4.69, 9.17) is 18.9 Å². The molecule has 208 valence electrons. The largest absolute Gasteiger partial charge is 0.458 e. The van der Waals surface area contributed by atoms with Crippen molar-refractivity contribution in [2.45, 2.75) is 89.0 Å². The predicted octanol–water partition coefficient (Wildman–Crippen LogP) is 4.49. The van der Waals surface area contributed by atoms with Crippen LogP contribution in [0.5, 0.6) is 0 Å². The second kappa shape index (κ2) is 9.45. The minimum Gasteiger partial charge on any atom is -0.458 e. The lowest BCUT2D eigenvalue weighted by Gasteiger charge is -2.63. The predicted molar refractivity (Wildman–Crippen MR) is 141 cm³/mol. The van der Waals surface area contributed by atoms with E-state index in [0.29, 0.717) is 24.0 Å². The third-order valence-corrected chi connectivity index (χ3v) is 9.21. The van der Waals surface area contributed by atoms with Crippen LogP contribution in [0.15, 0.2) is 60.7 Å². The number of hydrogen-bond acceptors (Lipinski definition) is 8. The normalized spacial score (nSPS) is 36.4. The molecule has 2 aromatic rings. The molecule has 1 saturated heterocycles. The maximum Gasteiger partial charge on any atom is 0.338 e. The first kappa shape index (κ1) is 27.3. The summed E-state index contributed by atoms with van der Waals surface area (Å²) in [6, 6.07) is 17.2. The molecule has 3 aliphatic rings. The van der Waals surface area contributed by atoms with Crippen LogP contribution in [-0.2, 0) is 23.7 Å². The first-order chi connectivity index (χ1) is 18.3. The van der Waals surface area contributed by atoms with Gasteiger partial charge in [0, 0.05) is 13.3 Å². The van der Waals surface area contributed by atoms with E-state index < -0.39 is 58.4 Å². The Hall–Kier alpha value is -3.23. The molecule has 8 heteroatoms. The van der Waals surface area contributed by atoms with Gasteiger partial charge in [0.2, 0.25) is 0 Å². The zero-order chi connectivity index (χ0) is 28.2. The van der Waals surface area contributed by atoms with Crippen LogP contribution < -0.4 is 0 Å². The average Bonchev–Trinajstić information content (AvgIpc) is 3.13. The van der Waals surface area contributed by atoms with Crippen LogP contribution in [0.25, 0.3) is 0 Å². The molecule has 1 N–H and O–H groups in total. The quantitative estimate of drug-likeness (QED) is 0.440. The van der Waals surface area contributed by atoms with E-state index in [1.54, 1.807) is 61.5 Å². The zero-order valence-corrected chi connectivity index (χ0v) is 23.0. The summed E-state index contributed by atoms with van der Waals surface area (Å²) in [7, 11) is 0. The third kappa shape index (κ3) is 4.34.